The summed E-state index contributed by atoms with van der Waals surface area (Å²) in [5.74, 6) is -4.01. The first kappa shape index (κ1) is 34.0. The van der Waals surface area contributed by atoms with Crippen molar-refractivity contribution in [3.63, 3.8) is 0 Å². The molecule has 8 N–H and O–H groups in total. The van der Waals surface area contributed by atoms with Gasteiger partial charge < -0.3 is 45.4 Å². The molecule has 2 aliphatic rings. The van der Waals surface area contributed by atoms with Crippen LogP contribution < -0.4 is 16.0 Å². The molecule has 17 nitrogen and oxygen atoms in total. The number of carboxylic acids is 1. The number of amides is 4. The monoisotopic (exact) mass is 672 g/mol. The number of carbonyl (C=O) groups is 5. The van der Waals surface area contributed by atoms with Crippen LogP contribution >= 0.6 is 38.3 Å². The Bertz CT molecular complexity index is 1310. The quantitative estimate of drug-likeness (QED) is 0.0624. The highest BCUT2D eigenvalue weighted by Crippen LogP contribution is 2.61. The van der Waals surface area contributed by atoms with Crippen molar-refractivity contribution in [2.45, 2.75) is 42.5 Å². The summed E-state index contributed by atoms with van der Waals surface area (Å²) in [6.07, 6.45) is -1.84. The van der Waals surface area contributed by atoms with Gasteiger partial charge in [-0.15, -0.1) is 23.1 Å². The van der Waals surface area contributed by atoms with Crippen LogP contribution in [0.3, 0.4) is 0 Å². The lowest BCUT2D eigenvalue weighted by Crippen LogP contribution is -2.86. The Morgan fingerprint density at radius 2 is 1.86 bits per heavy atom. The molecule has 2 aliphatic heterocycles. The topological polar surface area (TPSA) is 274 Å². The number of primary amides is 1. The normalized spacial score (nSPS) is 24.0. The van der Waals surface area contributed by atoms with Gasteiger partial charge in [-0.2, -0.15) is 0 Å². The number of aliphatic carboxylic acids is 1. The number of nitrogens with two attached hydrogens (primary N) is 1. The third-order valence-electron chi connectivity index (χ3n) is 6.85. The standard InChI is InChI=1S/C21H30N4O13P2S2/c1-12(26)25(13-5-4-8-41-13)21(15(27)23-7-3-2-6-14(39(32,33)34)40(35,36)37)16(28)24-9-20(18(29)30,10-38-19(22)31)11-42-17(21)24/h4-5,8,14,17H,2-3,6-7,9-11H2,1H3,(H2,22,31)(H,23,27)(H,29,30)(H2,32,33,34)(H2,35,36,37)/t17-,20?,21?/m1/s1. The second-order valence-corrected chi connectivity index (χ2v) is 15.8. The van der Waals surface area contributed by atoms with Gasteiger partial charge in [-0.25, -0.2) is 4.79 Å². The minimum Gasteiger partial charge on any atom is -0.481 e. The zero-order chi connectivity index (χ0) is 31.7. The predicted molar refractivity (Wildman–Crippen MR) is 149 cm³/mol. The first-order valence-corrected chi connectivity index (χ1v) is 17.5. The molecule has 4 amide bonds. The summed E-state index contributed by atoms with van der Waals surface area (Å²) in [4.78, 5) is 103. The lowest BCUT2D eigenvalue weighted by Gasteiger charge is -2.61. The number of thioether (sulfide) groups is 1. The number of rotatable bonds is 13. The summed E-state index contributed by atoms with van der Waals surface area (Å²) in [6.45, 7) is -0.0951. The van der Waals surface area contributed by atoms with Gasteiger partial charge in [0.2, 0.25) is 11.4 Å². The predicted octanol–water partition coefficient (Wildman–Crippen LogP) is -0.111. The molecule has 0 spiro atoms. The van der Waals surface area contributed by atoms with Crippen LogP contribution in [0.15, 0.2) is 17.5 Å². The molecule has 0 aromatic carbocycles. The zero-order valence-corrected chi connectivity index (χ0v) is 25.4. The van der Waals surface area contributed by atoms with E-state index in [1.165, 1.54) is 6.07 Å². The van der Waals surface area contributed by atoms with Crippen molar-refractivity contribution in [2.75, 3.05) is 30.3 Å². The third kappa shape index (κ3) is 6.53. The van der Waals surface area contributed by atoms with E-state index in [-0.39, 0.29) is 30.1 Å². The summed E-state index contributed by atoms with van der Waals surface area (Å²) in [5, 5.41) is 11.1. The molecule has 2 fully saturated rings. The first-order valence-electron chi connectivity index (χ1n) is 12.2. The number of thiophene rings is 1. The minimum absolute atomic E-state index is 0.0136. The molecular weight excluding hydrogens is 642 g/mol. The summed E-state index contributed by atoms with van der Waals surface area (Å²) in [7, 11) is -10.2. The number of nitrogens with zero attached hydrogens (tertiary/aromatic N) is 2. The van der Waals surface area contributed by atoms with Gasteiger partial charge in [0.1, 0.15) is 17.4 Å². The minimum atomic E-state index is -5.12. The fraction of sp³-hybridized carbons (Fsp3) is 0.571. The van der Waals surface area contributed by atoms with E-state index in [1.807, 2.05) is 0 Å². The number of carbonyl (C=O) groups excluding carboxylic acids is 4. The molecule has 21 heteroatoms. The number of unbranched alkanes of at least 4 members (excludes halogenated alkanes) is 1. The van der Waals surface area contributed by atoms with Crippen molar-refractivity contribution >= 4 is 73.1 Å². The first-order chi connectivity index (χ1) is 19.4. The molecule has 0 radical (unpaired) electrons. The SMILES string of the molecule is CC(=O)N(c1cccs1)C1(C(=O)NCCCCC(P(=O)(O)O)P(=O)(O)O)C(=O)N2CC(COC(N)=O)(C(=O)O)CS[C@@H]21. The van der Waals surface area contributed by atoms with Crippen LogP contribution in [0, 0.1) is 5.41 Å². The van der Waals surface area contributed by atoms with Gasteiger partial charge in [-0.05, 0) is 30.4 Å². The summed E-state index contributed by atoms with van der Waals surface area (Å²) < 4.78 is 27.7. The molecule has 3 heterocycles. The fourth-order valence-electron chi connectivity index (χ4n) is 4.87. The van der Waals surface area contributed by atoms with Crippen LogP contribution in [0.25, 0.3) is 0 Å². The maximum absolute atomic E-state index is 13.8. The van der Waals surface area contributed by atoms with Crippen LogP contribution in [-0.4, -0.2) is 101 Å². The molecule has 0 saturated carbocycles. The van der Waals surface area contributed by atoms with Gasteiger partial charge in [0.15, 0.2) is 5.40 Å². The van der Waals surface area contributed by atoms with Crippen LogP contribution in [0.2, 0.25) is 0 Å². The molecule has 234 valence electrons. The Morgan fingerprint density at radius 3 is 2.36 bits per heavy atom. The van der Waals surface area contributed by atoms with E-state index in [0.29, 0.717) is 0 Å². The number of β-lactam (4-membered cyclic amide) rings is 1. The van der Waals surface area contributed by atoms with Crippen molar-refractivity contribution in [3.05, 3.63) is 17.5 Å². The average Bonchev–Trinajstić information content (AvgIpc) is 3.39. The van der Waals surface area contributed by atoms with Crippen molar-refractivity contribution < 1.29 is 62.5 Å². The Kier molecular flexibility index (Phi) is 10.2. The third-order valence-corrected chi connectivity index (χ3v) is 13.2. The maximum Gasteiger partial charge on any atom is 0.404 e. The second kappa shape index (κ2) is 12.6. The highest BCUT2D eigenvalue weighted by atomic mass is 32.2. The number of anilines is 1. The second-order valence-electron chi connectivity index (χ2n) is 9.77. The largest absolute Gasteiger partial charge is 0.481 e. The fourth-order valence-corrected chi connectivity index (χ4v) is 9.98. The Morgan fingerprint density at radius 1 is 1.21 bits per heavy atom. The van der Waals surface area contributed by atoms with Crippen molar-refractivity contribution in [1.82, 2.24) is 10.2 Å². The summed E-state index contributed by atoms with van der Waals surface area (Å²) in [5.41, 5.74) is 1.14. The number of nitrogens with one attached hydrogen (secondary N) is 1. The van der Waals surface area contributed by atoms with Gasteiger partial charge in [-0.1, -0.05) is 6.42 Å². The van der Waals surface area contributed by atoms with Crippen molar-refractivity contribution in [1.29, 1.82) is 0 Å². The Hall–Kier alpha value is -2.50. The molecule has 42 heavy (non-hydrogen) atoms. The van der Waals surface area contributed by atoms with E-state index in [4.69, 9.17) is 10.5 Å². The molecule has 0 bridgehead atoms. The number of hydrogen-bond acceptors (Lipinski definition) is 10. The van der Waals surface area contributed by atoms with E-state index in [1.54, 1.807) is 11.4 Å². The molecule has 3 atom stereocenters. The molecule has 2 saturated heterocycles. The van der Waals surface area contributed by atoms with Gasteiger partial charge in [0, 0.05) is 25.8 Å². The van der Waals surface area contributed by atoms with E-state index in [9.17, 15) is 57.8 Å². The lowest BCUT2D eigenvalue weighted by molar-refractivity contribution is -0.169. The van der Waals surface area contributed by atoms with Crippen LogP contribution in [0.1, 0.15) is 26.2 Å². The van der Waals surface area contributed by atoms with E-state index < -0.39 is 86.3 Å². The molecular formula is C21H30N4O13P2S2. The highest BCUT2D eigenvalue weighted by molar-refractivity contribution is 8.00. The van der Waals surface area contributed by atoms with Crippen LogP contribution in [0.4, 0.5) is 9.80 Å². The van der Waals surface area contributed by atoms with Crippen LogP contribution in [0.5, 0.6) is 0 Å². The van der Waals surface area contributed by atoms with Gasteiger partial charge >= 0.3 is 27.3 Å². The van der Waals surface area contributed by atoms with E-state index in [0.717, 1.165) is 39.8 Å². The smallest absolute Gasteiger partial charge is 0.404 e. The Balaban J connectivity index is 1.85. The highest BCUT2D eigenvalue weighted by Gasteiger charge is 2.73. The molecule has 2 unspecified atom stereocenters. The van der Waals surface area contributed by atoms with Gasteiger partial charge in [0.25, 0.3) is 11.8 Å². The van der Waals surface area contributed by atoms with E-state index >= 15 is 0 Å². The number of fused-ring (bicyclic) bond motifs is 1. The van der Waals surface area contributed by atoms with Crippen molar-refractivity contribution in [2.24, 2.45) is 11.1 Å². The maximum atomic E-state index is 13.8. The molecule has 1 aromatic heterocycles. The molecule has 0 aliphatic carbocycles. The summed E-state index contributed by atoms with van der Waals surface area (Å²) in [6, 6.07) is 3.13. The molecule has 1 aromatic rings. The summed E-state index contributed by atoms with van der Waals surface area (Å²) >= 11 is 1.99. The number of hydrogen-bond donors (Lipinski definition) is 7. The average molecular weight is 673 g/mol. The van der Waals surface area contributed by atoms with Gasteiger partial charge in [0.05, 0.1) is 5.00 Å². The van der Waals surface area contributed by atoms with Crippen LogP contribution in [-0.2, 0) is 33.0 Å². The Labute approximate surface area is 247 Å². The number of ether oxygens (including phenoxy) is 1. The van der Waals surface area contributed by atoms with Gasteiger partial charge in [-0.3, -0.25) is 33.2 Å². The van der Waals surface area contributed by atoms with E-state index in [2.05, 4.69) is 5.32 Å². The van der Waals surface area contributed by atoms with Crippen molar-refractivity contribution in [3.8, 4) is 0 Å². The zero-order valence-electron chi connectivity index (χ0n) is 22.0. The molecule has 3 rings (SSSR count). The number of carboxylic acid groups (broad SMARTS) is 1. The lowest BCUT2D eigenvalue weighted by atomic mass is 9.80.